The molecule has 1 N–H and O–H groups in total. The van der Waals surface area contributed by atoms with Crippen LogP contribution in [-0.2, 0) is 4.74 Å². The average molecular weight is 335 g/mol. The van der Waals surface area contributed by atoms with Crippen LogP contribution in [0.15, 0.2) is 22.8 Å². The quantitative estimate of drug-likeness (QED) is 0.919. The number of morpholine rings is 1. The van der Waals surface area contributed by atoms with Crippen molar-refractivity contribution in [3.05, 3.63) is 24.2 Å². The van der Waals surface area contributed by atoms with Gasteiger partial charge in [0, 0.05) is 19.6 Å². The molecule has 134 valence electrons. The summed E-state index contributed by atoms with van der Waals surface area (Å²) in [7, 11) is 0. The first kappa shape index (κ1) is 17.3. The Morgan fingerprint density at radius 2 is 1.96 bits per heavy atom. The standard InChI is InChI=1S/C18H29N3O3/c1-14-12-21(13-15(2)24-14)18(22)19-11-16(17-7-6-10-23-17)20-8-4-3-5-9-20/h6-7,10,14-16H,3-5,8-9,11-13H2,1-2H3,(H,19,22). The van der Waals surface area contributed by atoms with Crippen LogP contribution in [0.2, 0.25) is 0 Å². The molecule has 3 unspecified atom stereocenters. The van der Waals surface area contributed by atoms with Crippen molar-refractivity contribution < 1.29 is 13.9 Å². The summed E-state index contributed by atoms with van der Waals surface area (Å²) in [6.45, 7) is 8.01. The lowest BCUT2D eigenvalue weighted by Gasteiger charge is -2.37. The van der Waals surface area contributed by atoms with Gasteiger partial charge in [-0.1, -0.05) is 6.42 Å². The van der Waals surface area contributed by atoms with Gasteiger partial charge in [-0.15, -0.1) is 0 Å². The van der Waals surface area contributed by atoms with Crippen molar-refractivity contribution in [3.8, 4) is 0 Å². The van der Waals surface area contributed by atoms with Gasteiger partial charge >= 0.3 is 6.03 Å². The first-order valence-electron chi connectivity index (χ1n) is 9.09. The third-order valence-corrected chi connectivity index (χ3v) is 4.86. The van der Waals surface area contributed by atoms with Crippen molar-refractivity contribution in [1.29, 1.82) is 0 Å². The highest BCUT2D eigenvalue weighted by molar-refractivity contribution is 5.74. The van der Waals surface area contributed by atoms with Crippen molar-refractivity contribution in [2.75, 3.05) is 32.7 Å². The number of amides is 2. The van der Waals surface area contributed by atoms with Gasteiger partial charge in [-0.05, 0) is 51.9 Å². The number of carbonyl (C=O) groups is 1. The molecular weight excluding hydrogens is 306 g/mol. The molecule has 0 aromatic carbocycles. The summed E-state index contributed by atoms with van der Waals surface area (Å²) in [5.74, 6) is 0.931. The van der Waals surface area contributed by atoms with E-state index in [2.05, 4.69) is 10.2 Å². The molecule has 2 aliphatic heterocycles. The Morgan fingerprint density at radius 3 is 2.58 bits per heavy atom. The smallest absolute Gasteiger partial charge is 0.317 e. The molecule has 1 aromatic rings. The van der Waals surface area contributed by atoms with Crippen molar-refractivity contribution in [2.24, 2.45) is 0 Å². The van der Waals surface area contributed by atoms with Gasteiger partial charge in [-0.2, -0.15) is 0 Å². The highest BCUT2D eigenvalue weighted by Gasteiger charge is 2.28. The van der Waals surface area contributed by atoms with Gasteiger partial charge in [0.25, 0.3) is 0 Å². The maximum Gasteiger partial charge on any atom is 0.317 e. The molecule has 24 heavy (non-hydrogen) atoms. The number of piperidine rings is 1. The second-order valence-corrected chi connectivity index (χ2v) is 6.98. The highest BCUT2D eigenvalue weighted by Crippen LogP contribution is 2.24. The minimum atomic E-state index is -0.00874. The van der Waals surface area contributed by atoms with E-state index in [1.165, 1.54) is 19.3 Å². The Kier molecular flexibility index (Phi) is 5.79. The number of rotatable bonds is 4. The first-order chi connectivity index (χ1) is 11.6. The van der Waals surface area contributed by atoms with Crippen LogP contribution in [0.1, 0.15) is 44.9 Å². The van der Waals surface area contributed by atoms with Gasteiger partial charge < -0.3 is 19.4 Å². The molecule has 2 aliphatic rings. The zero-order valence-electron chi connectivity index (χ0n) is 14.7. The molecular formula is C18H29N3O3. The number of nitrogens with zero attached hydrogens (tertiary/aromatic N) is 2. The van der Waals surface area contributed by atoms with Crippen LogP contribution >= 0.6 is 0 Å². The van der Waals surface area contributed by atoms with Gasteiger partial charge in [-0.25, -0.2) is 4.79 Å². The van der Waals surface area contributed by atoms with Gasteiger partial charge in [0.15, 0.2) is 0 Å². The Labute approximate surface area is 144 Å². The van der Waals surface area contributed by atoms with E-state index < -0.39 is 0 Å². The van der Waals surface area contributed by atoms with Crippen LogP contribution in [0.4, 0.5) is 4.79 Å². The van der Waals surface area contributed by atoms with Gasteiger partial charge in [0.2, 0.25) is 0 Å². The summed E-state index contributed by atoms with van der Waals surface area (Å²) >= 11 is 0. The normalized spacial score (nSPS) is 27.0. The SMILES string of the molecule is CC1CN(C(=O)NCC(c2ccco2)N2CCCCC2)CC(C)O1. The molecule has 3 rings (SSSR count). The van der Waals surface area contributed by atoms with E-state index in [0.29, 0.717) is 19.6 Å². The van der Waals surface area contributed by atoms with Crippen LogP contribution in [0.3, 0.4) is 0 Å². The molecule has 0 bridgehead atoms. The number of furan rings is 1. The van der Waals surface area contributed by atoms with E-state index in [1.807, 2.05) is 30.9 Å². The fraction of sp³-hybridized carbons (Fsp3) is 0.722. The molecule has 0 radical (unpaired) electrons. The van der Waals surface area contributed by atoms with Gasteiger partial charge in [-0.3, -0.25) is 4.90 Å². The molecule has 1 aromatic heterocycles. The van der Waals surface area contributed by atoms with Crippen LogP contribution in [0, 0.1) is 0 Å². The number of carbonyl (C=O) groups excluding carboxylic acids is 1. The fourth-order valence-electron chi connectivity index (χ4n) is 3.76. The molecule has 0 saturated carbocycles. The first-order valence-corrected chi connectivity index (χ1v) is 9.09. The Hall–Kier alpha value is -1.53. The van der Waals surface area contributed by atoms with E-state index in [0.717, 1.165) is 18.8 Å². The monoisotopic (exact) mass is 335 g/mol. The summed E-state index contributed by atoms with van der Waals surface area (Å²) < 4.78 is 11.3. The van der Waals surface area contributed by atoms with Gasteiger partial charge in [0.05, 0.1) is 24.5 Å². The highest BCUT2D eigenvalue weighted by atomic mass is 16.5. The molecule has 3 atom stereocenters. The number of urea groups is 1. The summed E-state index contributed by atoms with van der Waals surface area (Å²) in [5, 5.41) is 3.11. The van der Waals surface area contributed by atoms with E-state index in [-0.39, 0.29) is 24.3 Å². The number of hydrogen-bond acceptors (Lipinski definition) is 4. The lowest BCUT2D eigenvalue weighted by molar-refractivity contribution is -0.0546. The Morgan fingerprint density at radius 1 is 1.25 bits per heavy atom. The number of likely N-dealkylation sites (tertiary alicyclic amines) is 1. The summed E-state index contributed by atoms with van der Waals surface area (Å²) in [4.78, 5) is 16.8. The molecule has 3 heterocycles. The maximum atomic E-state index is 12.6. The summed E-state index contributed by atoms with van der Waals surface area (Å²) in [6.07, 6.45) is 5.59. The second-order valence-electron chi connectivity index (χ2n) is 6.98. The summed E-state index contributed by atoms with van der Waals surface area (Å²) in [5.41, 5.74) is 0. The number of nitrogens with one attached hydrogen (secondary N) is 1. The lowest BCUT2D eigenvalue weighted by atomic mass is 10.1. The fourth-order valence-corrected chi connectivity index (χ4v) is 3.76. The minimum absolute atomic E-state index is 0.00874. The molecule has 6 nitrogen and oxygen atoms in total. The number of ether oxygens (including phenoxy) is 1. The van der Waals surface area contributed by atoms with Crippen LogP contribution in [-0.4, -0.2) is 60.8 Å². The topological polar surface area (TPSA) is 58.0 Å². The summed E-state index contributed by atoms with van der Waals surface area (Å²) in [6, 6.07) is 4.02. The van der Waals surface area contributed by atoms with Crippen LogP contribution in [0.5, 0.6) is 0 Å². The van der Waals surface area contributed by atoms with E-state index in [1.54, 1.807) is 6.26 Å². The molecule has 0 aliphatic carbocycles. The van der Waals surface area contributed by atoms with Crippen molar-refractivity contribution in [3.63, 3.8) is 0 Å². The molecule has 2 saturated heterocycles. The largest absolute Gasteiger partial charge is 0.468 e. The van der Waals surface area contributed by atoms with Gasteiger partial charge in [0.1, 0.15) is 5.76 Å². The van der Waals surface area contributed by atoms with E-state index in [9.17, 15) is 4.79 Å². The third-order valence-electron chi connectivity index (χ3n) is 4.86. The predicted octanol–water partition coefficient (Wildman–Crippen LogP) is 2.63. The molecule has 2 fully saturated rings. The van der Waals surface area contributed by atoms with E-state index in [4.69, 9.17) is 9.15 Å². The van der Waals surface area contributed by atoms with E-state index >= 15 is 0 Å². The molecule has 2 amide bonds. The molecule has 6 heteroatoms. The Balaban J connectivity index is 1.59. The minimum Gasteiger partial charge on any atom is -0.468 e. The predicted molar refractivity (Wildman–Crippen MR) is 91.9 cm³/mol. The van der Waals surface area contributed by atoms with Crippen molar-refractivity contribution in [1.82, 2.24) is 15.1 Å². The lowest BCUT2D eigenvalue weighted by Crippen LogP contribution is -2.52. The Bertz CT molecular complexity index is 504. The van der Waals surface area contributed by atoms with Crippen LogP contribution < -0.4 is 5.32 Å². The van der Waals surface area contributed by atoms with Crippen molar-refractivity contribution >= 4 is 6.03 Å². The third kappa shape index (κ3) is 4.30. The zero-order chi connectivity index (χ0) is 16.9. The number of hydrogen-bond donors (Lipinski definition) is 1. The zero-order valence-corrected chi connectivity index (χ0v) is 14.7. The van der Waals surface area contributed by atoms with Crippen LogP contribution in [0.25, 0.3) is 0 Å². The van der Waals surface area contributed by atoms with Crippen molar-refractivity contribution in [2.45, 2.75) is 51.4 Å². The average Bonchev–Trinajstić information content (AvgIpc) is 3.09. The molecule has 0 spiro atoms. The maximum absolute atomic E-state index is 12.6. The second kappa shape index (κ2) is 8.03.